The van der Waals surface area contributed by atoms with E-state index in [4.69, 9.17) is 5.11 Å². The lowest BCUT2D eigenvalue weighted by Crippen LogP contribution is -2.12. The molecule has 0 amide bonds. The highest BCUT2D eigenvalue weighted by Crippen LogP contribution is 2.26. The number of nitro groups is 1. The van der Waals surface area contributed by atoms with Gasteiger partial charge in [0.2, 0.25) is 11.8 Å². The smallest absolute Gasteiger partial charge is 0.332 e. The first-order valence-electron chi connectivity index (χ1n) is 6.21. The van der Waals surface area contributed by atoms with E-state index in [1.54, 1.807) is 6.92 Å². The molecule has 0 aliphatic heterocycles. The van der Waals surface area contributed by atoms with Gasteiger partial charge in [0.1, 0.15) is 5.69 Å². The predicted molar refractivity (Wildman–Crippen MR) is 72.4 cm³/mol. The molecule has 0 spiro atoms. The zero-order valence-electron chi connectivity index (χ0n) is 11.1. The molecule has 0 aliphatic carbocycles. The van der Waals surface area contributed by atoms with Crippen molar-refractivity contribution in [1.82, 2.24) is 9.97 Å². The highest BCUT2D eigenvalue weighted by Gasteiger charge is 2.21. The zero-order chi connectivity index (χ0) is 14.3. The number of aliphatic hydroxyl groups is 1. The van der Waals surface area contributed by atoms with E-state index in [9.17, 15) is 10.1 Å². The molecule has 1 aromatic heterocycles. The van der Waals surface area contributed by atoms with Crippen LogP contribution in [-0.2, 0) is 0 Å². The predicted octanol–water partition coefficient (Wildman–Crippen LogP) is 1.31. The number of aliphatic hydroxyl groups excluding tert-OH is 1. The van der Waals surface area contributed by atoms with Crippen LogP contribution in [-0.4, -0.2) is 39.7 Å². The second-order valence-electron chi connectivity index (χ2n) is 4.02. The van der Waals surface area contributed by atoms with Crippen LogP contribution in [0.25, 0.3) is 0 Å². The first kappa shape index (κ1) is 15.1. The zero-order valence-corrected chi connectivity index (χ0v) is 11.1. The standard InChI is InChI=1S/C11H19N5O3/c1-3-5-13-11-14-8(2)9(16(18)19)10(15-11)12-6-4-7-17/h17H,3-7H2,1-2H3,(H2,12,13,14,15). The van der Waals surface area contributed by atoms with Crippen LogP contribution in [0, 0.1) is 17.0 Å². The molecule has 3 N–H and O–H groups in total. The van der Waals surface area contributed by atoms with Crippen LogP contribution in [0.4, 0.5) is 17.5 Å². The Morgan fingerprint density at radius 1 is 1.32 bits per heavy atom. The summed E-state index contributed by atoms with van der Waals surface area (Å²) in [4.78, 5) is 18.7. The molecular formula is C11H19N5O3. The lowest BCUT2D eigenvalue weighted by molar-refractivity contribution is -0.385. The Labute approximate surface area is 111 Å². The second kappa shape index (κ2) is 7.47. The summed E-state index contributed by atoms with van der Waals surface area (Å²) in [6, 6.07) is 0. The summed E-state index contributed by atoms with van der Waals surface area (Å²) >= 11 is 0. The minimum Gasteiger partial charge on any atom is -0.396 e. The van der Waals surface area contributed by atoms with Gasteiger partial charge >= 0.3 is 5.69 Å². The van der Waals surface area contributed by atoms with Crippen LogP contribution in [0.3, 0.4) is 0 Å². The Hall–Kier alpha value is -1.96. The molecule has 19 heavy (non-hydrogen) atoms. The van der Waals surface area contributed by atoms with Gasteiger partial charge in [-0.25, -0.2) is 4.98 Å². The quantitative estimate of drug-likeness (QED) is 0.370. The van der Waals surface area contributed by atoms with E-state index >= 15 is 0 Å². The van der Waals surface area contributed by atoms with Crippen molar-refractivity contribution in [3.05, 3.63) is 15.8 Å². The third kappa shape index (κ3) is 4.32. The molecule has 0 bridgehead atoms. The van der Waals surface area contributed by atoms with E-state index in [-0.39, 0.29) is 18.1 Å². The van der Waals surface area contributed by atoms with Gasteiger partial charge in [-0.1, -0.05) is 6.92 Å². The molecule has 8 heteroatoms. The van der Waals surface area contributed by atoms with Crippen molar-refractivity contribution in [3.63, 3.8) is 0 Å². The second-order valence-corrected chi connectivity index (χ2v) is 4.02. The number of hydrogen-bond donors (Lipinski definition) is 3. The molecule has 1 aromatic rings. The van der Waals surface area contributed by atoms with Crippen molar-refractivity contribution in [2.24, 2.45) is 0 Å². The van der Waals surface area contributed by atoms with E-state index in [1.165, 1.54) is 0 Å². The van der Waals surface area contributed by atoms with Crippen LogP contribution in [0.15, 0.2) is 0 Å². The van der Waals surface area contributed by atoms with E-state index in [1.807, 2.05) is 6.92 Å². The summed E-state index contributed by atoms with van der Waals surface area (Å²) in [7, 11) is 0. The third-order valence-electron chi connectivity index (χ3n) is 2.40. The lowest BCUT2D eigenvalue weighted by Gasteiger charge is -2.10. The summed E-state index contributed by atoms with van der Waals surface area (Å²) in [6.45, 7) is 4.72. The van der Waals surface area contributed by atoms with Gasteiger partial charge in [0.05, 0.1) is 4.92 Å². The maximum absolute atomic E-state index is 11.0. The van der Waals surface area contributed by atoms with Crippen LogP contribution in [0.1, 0.15) is 25.5 Å². The molecule has 0 unspecified atom stereocenters. The Balaban J connectivity index is 2.99. The normalized spacial score (nSPS) is 10.3. The number of nitrogens with zero attached hydrogens (tertiary/aromatic N) is 3. The lowest BCUT2D eigenvalue weighted by atomic mass is 10.3. The van der Waals surface area contributed by atoms with E-state index < -0.39 is 4.92 Å². The fourth-order valence-electron chi connectivity index (χ4n) is 1.51. The average Bonchev–Trinajstić information content (AvgIpc) is 2.35. The van der Waals surface area contributed by atoms with Crippen LogP contribution in [0.5, 0.6) is 0 Å². The van der Waals surface area contributed by atoms with Crippen molar-refractivity contribution in [2.75, 3.05) is 30.3 Å². The minimum atomic E-state index is -0.500. The number of aryl methyl sites for hydroxylation is 1. The number of anilines is 2. The van der Waals surface area contributed by atoms with E-state index in [2.05, 4.69) is 20.6 Å². The largest absolute Gasteiger partial charge is 0.396 e. The minimum absolute atomic E-state index is 0.0196. The SMILES string of the molecule is CCCNc1nc(C)c([N+](=O)[O-])c(NCCCO)n1. The number of nitrogens with one attached hydrogen (secondary N) is 2. The first-order chi connectivity index (χ1) is 9.10. The molecule has 0 saturated heterocycles. The molecule has 106 valence electrons. The highest BCUT2D eigenvalue weighted by atomic mass is 16.6. The maximum atomic E-state index is 11.0. The van der Waals surface area contributed by atoms with Gasteiger partial charge in [-0.05, 0) is 19.8 Å². The monoisotopic (exact) mass is 269 g/mol. The molecule has 1 rings (SSSR count). The van der Waals surface area contributed by atoms with Gasteiger partial charge in [-0.15, -0.1) is 0 Å². The Kier molecular flexibility index (Phi) is 5.94. The van der Waals surface area contributed by atoms with Crippen molar-refractivity contribution in [3.8, 4) is 0 Å². The van der Waals surface area contributed by atoms with Gasteiger partial charge in [-0.2, -0.15) is 4.98 Å². The summed E-state index contributed by atoms with van der Waals surface area (Å²) in [5.41, 5.74) is 0.185. The molecule has 0 atom stereocenters. The molecule has 0 fully saturated rings. The number of hydrogen-bond acceptors (Lipinski definition) is 7. The topological polar surface area (TPSA) is 113 Å². The van der Waals surface area contributed by atoms with E-state index in [0.717, 1.165) is 6.42 Å². The highest BCUT2D eigenvalue weighted by molar-refractivity contribution is 5.60. The van der Waals surface area contributed by atoms with Gasteiger partial charge < -0.3 is 15.7 Å². The third-order valence-corrected chi connectivity index (χ3v) is 2.40. The van der Waals surface area contributed by atoms with Crippen LogP contribution >= 0.6 is 0 Å². The van der Waals surface area contributed by atoms with Crippen LogP contribution in [0.2, 0.25) is 0 Å². The Bertz CT molecular complexity index is 439. The van der Waals surface area contributed by atoms with Gasteiger partial charge in [0.15, 0.2) is 0 Å². The van der Waals surface area contributed by atoms with Gasteiger partial charge in [0, 0.05) is 19.7 Å². The molecule has 8 nitrogen and oxygen atoms in total. The Morgan fingerprint density at radius 2 is 2.05 bits per heavy atom. The number of rotatable bonds is 8. The van der Waals surface area contributed by atoms with Gasteiger partial charge in [-0.3, -0.25) is 10.1 Å². The first-order valence-corrected chi connectivity index (χ1v) is 6.21. The molecule has 0 aliphatic rings. The summed E-state index contributed by atoms with van der Waals surface area (Å²) in [5.74, 6) is 0.556. The molecular weight excluding hydrogens is 250 g/mol. The Morgan fingerprint density at radius 3 is 2.63 bits per heavy atom. The van der Waals surface area contributed by atoms with Gasteiger partial charge in [0.25, 0.3) is 0 Å². The maximum Gasteiger partial charge on any atom is 0.332 e. The van der Waals surface area contributed by atoms with Crippen LogP contribution < -0.4 is 10.6 Å². The number of aromatic nitrogens is 2. The summed E-state index contributed by atoms with van der Waals surface area (Å²) < 4.78 is 0. The molecule has 0 radical (unpaired) electrons. The van der Waals surface area contributed by atoms with Crippen molar-refractivity contribution >= 4 is 17.5 Å². The summed E-state index contributed by atoms with van der Waals surface area (Å²) in [6.07, 6.45) is 1.41. The summed E-state index contributed by atoms with van der Waals surface area (Å²) in [5, 5.41) is 25.6. The van der Waals surface area contributed by atoms with Crippen molar-refractivity contribution in [1.29, 1.82) is 0 Å². The molecule has 1 heterocycles. The molecule has 0 aromatic carbocycles. The fraction of sp³-hybridized carbons (Fsp3) is 0.636. The van der Waals surface area contributed by atoms with Crippen molar-refractivity contribution in [2.45, 2.75) is 26.7 Å². The average molecular weight is 269 g/mol. The molecule has 0 saturated carbocycles. The fourth-order valence-corrected chi connectivity index (χ4v) is 1.51. The van der Waals surface area contributed by atoms with Crippen molar-refractivity contribution < 1.29 is 10.0 Å². The van der Waals surface area contributed by atoms with E-state index in [0.29, 0.717) is 31.2 Å².